The van der Waals surface area contributed by atoms with Crippen molar-refractivity contribution >= 4 is 21.7 Å². The fourth-order valence-electron chi connectivity index (χ4n) is 3.59. The molecule has 4 aliphatic rings. The topological polar surface area (TPSA) is 35.5 Å². The number of halogens is 1. The molecule has 0 spiro atoms. The van der Waals surface area contributed by atoms with Crippen molar-refractivity contribution < 1.29 is 14.3 Å². The van der Waals surface area contributed by atoms with Crippen molar-refractivity contribution in [1.82, 2.24) is 0 Å². The molecule has 0 radical (unpaired) electrons. The molecule has 4 rings (SSSR count). The highest BCUT2D eigenvalue weighted by Crippen LogP contribution is 2.62. The normalized spacial score (nSPS) is 54.4. The average molecular weight is 287 g/mol. The van der Waals surface area contributed by atoms with E-state index in [-0.39, 0.29) is 11.7 Å². The van der Waals surface area contributed by atoms with Crippen molar-refractivity contribution in [3.63, 3.8) is 0 Å². The highest BCUT2D eigenvalue weighted by Gasteiger charge is 2.71. The molecule has 1 aliphatic heterocycles. The van der Waals surface area contributed by atoms with Gasteiger partial charge in [-0.2, -0.15) is 0 Å². The molecule has 0 unspecified atom stereocenters. The number of rotatable bonds is 1. The van der Waals surface area contributed by atoms with Crippen LogP contribution in [0.4, 0.5) is 0 Å². The summed E-state index contributed by atoms with van der Waals surface area (Å²) in [6.07, 6.45) is 2.05. The third-order valence-corrected chi connectivity index (χ3v) is 5.48. The van der Waals surface area contributed by atoms with Gasteiger partial charge in [0, 0.05) is 11.6 Å². The summed E-state index contributed by atoms with van der Waals surface area (Å²) in [5.41, 5.74) is -0.454. The highest BCUT2D eigenvalue weighted by atomic mass is 79.9. The van der Waals surface area contributed by atoms with Gasteiger partial charge in [-0.1, -0.05) is 28.9 Å². The lowest BCUT2D eigenvalue weighted by molar-refractivity contribution is -0.223. The largest absolute Gasteiger partial charge is 0.346 e. The summed E-state index contributed by atoms with van der Waals surface area (Å²) in [6.45, 7) is 4.75. The molecule has 5 atom stereocenters. The first-order chi connectivity index (χ1) is 7.47. The number of hydrogen-bond donors (Lipinski definition) is 0. The first-order valence-electron chi connectivity index (χ1n) is 5.59. The number of ketones is 1. The number of carbonyl (C=O) groups excluding carboxylic acids is 1. The summed E-state index contributed by atoms with van der Waals surface area (Å²) in [4.78, 5) is 12.6. The van der Waals surface area contributed by atoms with Crippen LogP contribution in [0.3, 0.4) is 0 Å². The average Bonchev–Trinajstić information content (AvgIpc) is 2.62. The minimum Gasteiger partial charge on any atom is -0.346 e. The number of Topliss-reactive ketones (excluding diaryl/α,β-unsaturated/α-hetero) is 1. The molecule has 0 N–H and O–H groups in total. The molecule has 0 aromatic rings. The summed E-state index contributed by atoms with van der Waals surface area (Å²) in [6, 6.07) is 0. The van der Waals surface area contributed by atoms with Crippen molar-refractivity contribution in [2.45, 2.75) is 19.6 Å². The van der Waals surface area contributed by atoms with E-state index >= 15 is 0 Å². The fourth-order valence-corrected chi connectivity index (χ4v) is 4.71. The second-order valence-corrected chi connectivity index (χ2v) is 6.17. The van der Waals surface area contributed by atoms with E-state index < -0.39 is 11.2 Å². The number of hydrogen-bond acceptors (Lipinski definition) is 3. The van der Waals surface area contributed by atoms with Crippen LogP contribution in [-0.4, -0.2) is 25.3 Å². The van der Waals surface area contributed by atoms with Gasteiger partial charge in [0.15, 0.2) is 0 Å². The second kappa shape index (κ2) is 2.98. The third kappa shape index (κ3) is 0.913. The Labute approximate surface area is 103 Å². The van der Waals surface area contributed by atoms with Crippen molar-refractivity contribution in [2.24, 2.45) is 23.2 Å². The SMILES string of the molecule is CO[C@@]12OC[C@@H]3[C@@H](C)[C@@](C)(C=C(Br)[C@@H]31)C2=O. The smallest absolute Gasteiger partial charge is 0.237 e. The van der Waals surface area contributed by atoms with E-state index in [2.05, 4.69) is 22.9 Å². The Balaban J connectivity index is 2.25. The number of ether oxygens (including phenoxy) is 2. The molecule has 1 saturated carbocycles. The Bertz CT molecular complexity index is 405. The molecule has 88 valence electrons. The molecule has 16 heavy (non-hydrogen) atoms. The van der Waals surface area contributed by atoms with Crippen LogP contribution < -0.4 is 0 Å². The zero-order valence-electron chi connectivity index (χ0n) is 9.62. The lowest BCUT2D eigenvalue weighted by Gasteiger charge is -2.52. The molecule has 4 bridgehead atoms. The van der Waals surface area contributed by atoms with Crippen LogP contribution >= 0.6 is 15.9 Å². The van der Waals surface area contributed by atoms with Gasteiger partial charge in [0.1, 0.15) is 0 Å². The Morgan fingerprint density at radius 1 is 1.62 bits per heavy atom. The summed E-state index contributed by atoms with van der Waals surface area (Å²) < 4.78 is 12.2. The van der Waals surface area contributed by atoms with Gasteiger partial charge in [0.05, 0.1) is 17.9 Å². The Morgan fingerprint density at radius 3 is 2.94 bits per heavy atom. The van der Waals surface area contributed by atoms with Crippen LogP contribution in [0.5, 0.6) is 0 Å². The molecule has 1 saturated heterocycles. The fraction of sp³-hybridized carbons (Fsp3) is 0.750. The maximum absolute atomic E-state index is 12.6. The third-order valence-electron chi connectivity index (χ3n) is 4.76. The highest BCUT2D eigenvalue weighted by molar-refractivity contribution is 9.11. The Morgan fingerprint density at radius 2 is 2.31 bits per heavy atom. The van der Waals surface area contributed by atoms with Crippen LogP contribution in [0.1, 0.15) is 13.8 Å². The van der Waals surface area contributed by atoms with Crippen molar-refractivity contribution in [3.8, 4) is 0 Å². The standard InChI is InChI=1S/C12H15BrO3/c1-6-7-5-16-12(15-3)9(7)8(13)4-11(6,2)10(12)14/h4,6-7,9H,5H2,1-3H3/t6-,7-,9-,11-,12-/m1/s1. The van der Waals surface area contributed by atoms with Crippen molar-refractivity contribution in [1.29, 1.82) is 0 Å². The zero-order chi connectivity index (χ0) is 11.7. The van der Waals surface area contributed by atoms with Gasteiger partial charge in [-0.15, -0.1) is 0 Å². The van der Waals surface area contributed by atoms with Gasteiger partial charge in [0.2, 0.25) is 11.6 Å². The minimum absolute atomic E-state index is 0.0434. The van der Waals surface area contributed by atoms with E-state index in [9.17, 15) is 4.79 Å². The Hall–Kier alpha value is -0.190. The van der Waals surface area contributed by atoms with Gasteiger partial charge >= 0.3 is 0 Å². The molecule has 0 amide bonds. The van der Waals surface area contributed by atoms with Gasteiger partial charge in [-0.3, -0.25) is 4.79 Å². The summed E-state index contributed by atoms with van der Waals surface area (Å²) in [7, 11) is 1.56. The van der Waals surface area contributed by atoms with Crippen LogP contribution in [-0.2, 0) is 14.3 Å². The van der Waals surface area contributed by atoms with Gasteiger partial charge in [-0.25, -0.2) is 0 Å². The molecular weight excluding hydrogens is 272 g/mol. The van der Waals surface area contributed by atoms with E-state index in [1.54, 1.807) is 7.11 Å². The summed E-state index contributed by atoms with van der Waals surface area (Å²) in [5, 5.41) is 0. The molecular formula is C12H15BrO3. The van der Waals surface area contributed by atoms with E-state index in [0.29, 0.717) is 18.4 Å². The molecule has 0 aromatic carbocycles. The number of carbonyl (C=O) groups is 1. The monoisotopic (exact) mass is 286 g/mol. The van der Waals surface area contributed by atoms with Crippen molar-refractivity contribution in [2.75, 3.05) is 13.7 Å². The summed E-state index contributed by atoms with van der Waals surface area (Å²) >= 11 is 3.58. The molecule has 1 heterocycles. The Kier molecular flexibility index (Phi) is 2.03. The van der Waals surface area contributed by atoms with E-state index in [1.807, 2.05) is 13.0 Å². The maximum Gasteiger partial charge on any atom is 0.237 e. The van der Waals surface area contributed by atoms with Crippen molar-refractivity contribution in [3.05, 3.63) is 10.6 Å². The van der Waals surface area contributed by atoms with Crippen LogP contribution in [0.25, 0.3) is 0 Å². The van der Waals surface area contributed by atoms with Gasteiger partial charge < -0.3 is 9.47 Å². The maximum atomic E-state index is 12.6. The lowest BCUT2D eigenvalue weighted by atomic mass is 9.54. The first-order valence-corrected chi connectivity index (χ1v) is 6.39. The molecule has 3 aliphatic carbocycles. The molecule has 0 aromatic heterocycles. The van der Waals surface area contributed by atoms with E-state index in [4.69, 9.17) is 9.47 Å². The zero-order valence-corrected chi connectivity index (χ0v) is 11.2. The van der Waals surface area contributed by atoms with Crippen LogP contribution in [0.2, 0.25) is 0 Å². The summed E-state index contributed by atoms with van der Waals surface area (Å²) in [5.74, 6) is -0.211. The molecule has 2 fully saturated rings. The predicted octanol–water partition coefficient (Wildman–Crippen LogP) is 2.11. The lowest BCUT2D eigenvalue weighted by Crippen LogP contribution is -2.62. The quantitative estimate of drug-likeness (QED) is 0.741. The molecule has 3 nitrogen and oxygen atoms in total. The second-order valence-electron chi connectivity index (χ2n) is 5.25. The van der Waals surface area contributed by atoms with Crippen LogP contribution in [0, 0.1) is 23.2 Å². The predicted molar refractivity (Wildman–Crippen MR) is 62.0 cm³/mol. The van der Waals surface area contributed by atoms with Gasteiger partial charge in [0.25, 0.3) is 0 Å². The van der Waals surface area contributed by atoms with E-state index in [1.165, 1.54) is 0 Å². The number of methoxy groups -OCH3 is 1. The van der Waals surface area contributed by atoms with E-state index in [0.717, 1.165) is 4.48 Å². The minimum atomic E-state index is -1.03. The van der Waals surface area contributed by atoms with Gasteiger partial charge in [-0.05, 0) is 18.8 Å². The first kappa shape index (κ1) is 10.9. The molecule has 4 heteroatoms. The number of allylic oxidation sites excluding steroid dienone is 1. The van der Waals surface area contributed by atoms with Crippen LogP contribution in [0.15, 0.2) is 10.6 Å².